The molecule has 2 bridgehead atoms. The van der Waals surface area contributed by atoms with Gasteiger partial charge in [0.2, 0.25) is 0 Å². The van der Waals surface area contributed by atoms with Crippen molar-refractivity contribution in [2.75, 3.05) is 14.1 Å². The van der Waals surface area contributed by atoms with E-state index in [0.29, 0.717) is 21.9 Å². The molecule has 0 aromatic heterocycles. The van der Waals surface area contributed by atoms with Crippen LogP contribution in [0.2, 0.25) is 10.0 Å². The van der Waals surface area contributed by atoms with Gasteiger partial charge in [-0.25, -0.2) is 0 Å². The normalized spacial score (nSPS) is 34.9. The zero-order chi connectivity index (χ0) is 14.5. The highest BCUT2D eigenvalue weighted by atomic mass is 35.5. The summed E-state index contributed by atoms with van der Waals surface area (Å²) in [6, 6.07) is 5.74. The summed E-state index contributed by atoms with van der Waals surface area (Å²) in [5.74, 6) is 0.881. The van der Waals surface area contributed by atoms with E-state index >= 15 is 0 Å². The van der Waals surface area contributed by atoms with Crippen molar-refractivity contribution in [3.05, 3.63) is 33.8 Å². The number of nitrogens with zero attached hydrogens (tertiary/aromatic N) is 1. The van der Waals surface area contributed by atoms with Crippen molar-refractivity contribution in [2.45, 2.75) is 37.3 Å². The van der Waals surface area contributed by atoms with E-state index in [0.717, 1.165) is 18.4 Å². The molecule has 2 nitrogen and oxygen atoms in total. The SMILES string of the molecule is CN(C)C1C2CCC(CC2)C1(O)c1ccc(Cl)c(Cl)c1.Cl. The fraction of sp³-hybridized carbons (Fsp3) is 0.625. The lowest BCUT2D eigenvalue weighted by Gasteiger charge is -2.56. The summed E-state index contributed by atoms with van der Waals surface area (Å²) in [6.07, 6.45) is 4.64. The lowest BCUT2D eigenvalue weighted by molar-refractivity contribution is -0.160. The maximum atomic E-state index is 11.5. The number of aliphatic hydroxyl groups is 1. The van der Waals surface area contributed by atoms with Crippen LogP contribution in [-0.4, -0.2) is 30.1 Å². The van der Waals surface area contributed by atoms with Crippen LogP contribution >= 0.6 is 35.6 Å². The third-order valence-electron chi connectivity index (χ3n) is 5.23. The molecule has 3 aliphatic carbocycles. The van der Waals surface area contributed by atoms with E-state index in [-0.39, 0.29) is 18.4 Å². The average molecular weight is 351 g/mol. The Bertz CT molecular complexity index is 514. The monoisotopic (exact) mass is 349 g/mol. The van der Waals surface area contributed by atoms with Gasteiger partial charge in [-0.15, -0.1) is 12.4 Å². The second-order valence-electron chi connectivity index (χ2n) is 6.47. The van der Waals surface area contributed by atoms with Crippen LogP contribution in [0.4, 0.5) is 0 Å². The highest BCUT2D eigenvalue weighted by Gasteiger charge is 2.55. The minimum atomic E-state index is -0.807. The van der Waals surface area contributed by atoms with Gasteiger partial charge in [-0.3, -0.25) is 0 Å². The van der Waals surface area contributed by atoms with E-state index in [4.69, 9.17) is 23.2 Å². The molecular formula is C16H22Cl3NO. The van der Waals surface area contributed by atoms with Gasteiger partial charge in [0.25, 0.3) is 0 Å². The Balaban J connectivity index is 0.00000161. The van der Waals surface area contributed by atoms with Crippen LogP contribution < -0.4 is 0 Å². The van der Waals surface area contributed by atoms with Crippen LogP contribution in [-0.2, 0) is 5.60 Å². The fourth-order valence-electron chi connectivity index (χ4n) is 4.44. The lowest BCUT2D eigenvalue weighted by atomic mass is 9.56. The molecule has 1 N–H and O–H groups in total. The fourth-order valence-corrected chi connectivity index (χ4v) is 4.74. The average Bonchev–Trinajstić information content (AvgIpc) is 2.42. The maximum absolute atomic E-state index is 11.5. The first-order valence-corrected chi connectivity index (χ1v) is 8.04. The number of halogens is 3. The Kier molecular flexibility index (Phi) is 5.17. The zero-order valence-electron chi connectivity index (χ0n) is 12.4. The summed E-state index contributed by atoms with van der Waals surface area (Å²) in [7, 11) is 4.13. The smallest absolute Gasteiger partial charge is 0.108 e. The molecule has 1 aromatic carbocycles. The van der Waals surface area contributed by atoms with Crippen LogP contribution in [0, 0.1) is 11.8 Å². The highest BCUT2D eigenvalue weighted by molar-refractivity contribution is 6.42. The number of likely N-dealkylation sites (N-methyl/N-ethyl adjacent to an activating group) is 1. The lowest BCUT2D eigenvalue weighted by Crippen LogP contribution is -2.61. The molecular weight excluding hydrogens is 329 g/mol. The van der Waals surface area contributed by atoms with Crippen molar-refractivity contribution in [2.24, 2.45) is 11.8 Å². The topological polar surface area (TPSA) is 23.5 Å². The first kappa shape index (κ1) is 17.4. The van der Waals surface area contributed by atoms with Crippen molar-refractivity contribution < 1.29 is 5.11 Å². The van der Waals surface area contributed by atoms with Gasteiger partial charge in [-0.1, -0.05) is 29.3 Å². The predicted octanol–water partition coefficient (Wildman–Crippen LogP) is 4.35. The molecule has 2 atom stereocenters. The largest absolute Gasteiger partial charge is 0.383 e. The van der Waals surface area contributed by atoms with Crippen molar-refractivity contribution in [1.82, 2.24) is 4.90 Å². The molecule has 3 aliphatic rings. The summed E-state index contributed by atoms with van der Waals surface area (Å²) >= 11 is 12.2. The molecule has 3 fully saturated rings. The minimum absolute atomic E-state index is 0. The van der Waals surface area contributed by atoms with Gasteiger partial charge in [-0.2, -0.15) is 0 Å². The van der Waals surface area contributed by atoms with Crippen molar-refractivity contribution >= 4 is 35.6 Å². The minimum Gasteiger partial charge on any atom is -0.383 e. The Hall–Kier alpha value is 0.01000. The molecule has 1 aromatic rings. The molecule has 0 spiro atoms. The molecule has 0 amide bonds. The van der Waals surface area contributed by atoms with E-state index in [1.807, 2.05) is 12.1 Å². The zero-order valence-corrected chi connectivity index (χ0v) is 14.7. The second-order valence-corrected chi connectivity index (χ2v) is 7.29. The van der Waals surface area contributed by atoms with Crippen molar-refractivity contribution in [3.63, 3.8) is 0 Å². The molecule has 4 rings (SSSR count). The van der Waals surface area contributed by atoms with Crippen LogP contribution in [0.3, 0.4) is 0 Å². The van der Waals surface area contributed by atoms with Crippen molar-refractivity contribution in [1.29, 1.82) is 0 Å². The second kappa shape index (κ2) is 6.25. The summed E-state index contributed by atoms with van der Waals surface area (Å²) in [6.45, 7) is 0. The summed E-state index contributed by atoms with van der Waals surface area (Å²) in [4.78, 5) is 2.18. The molecule has 3 saturated carbocycles. The highest BCUT2D eigenvalue weighted by Crippen LogP contribution is 2.54. The van der Waals surface area contributed by atoms with E-state index in [1.54, 1.807) is 6.07 Å². The van der Waals surface area contributed by atoms with E-state index in [1.165, 1.54) is 12.8 Å². The Morgan fingerprint density at radius 2 is 1.71 bits per heavy atom. The molecule has 0 heterocycles. The van der Waals surface area contributed by atoms with Crippen LogP contribution in [0.1, 0.15) is 31.2 Å². The number of hydrogen-bond donors (Lipinski definition) is 1. The molecule has 2 unspecified atom stereocenters. The van der Waals surface area contributed by atoms with Gasteiger partial charge in [0.1, 0.15) is 5.60 Å². The summed E-state index contributed by atoms with van der Waals surface area (Å²) in [5, 5.41) is 12.6. The first-order valence-electron chi connectivity index (χ1n) is 7.29. The van der Waals surface area contributed by atoms with Gasteiger partial charge in [-0.05, 0) is 69.3 Å². The maximum Gasteiger partial charge on any atom is 0.108 e. The molecule has 0 saturated heterocycles. The van der Waals surface area contributed by atoms with Crippen LogP contribution in [0.5, 0.6) is 0 Å². The number of fused-ring (bicyclic) bond motifs is 3. The Morgan fingerprint density at radius 3 is 2.24 bits per heavy atom. The van der Waals surface area contributed by atoms with E-state index in [9.17, 15) is 5.11 Å². The number of rotatable bonds is 2. The van der Waals surface area contributed by atoms with Gasteiger partial charge in [0, 0.05) is 6.04 Å². The van der Waals surface area contributed by atoms with Gasteiger partial charge in [0.05, 0.1) is 10.0 Å². The summed E-state index contributed by atoms with van der Waals surface area (Å²) in [5.41, 5.74) is 0.110. The molecule has 118 valence electrons. The quantitative estimate of drug-likeness (QED) is 0.857. The van der Waals surface area contributed by atoms with E-state index < -0.39 is 5.60 Å². The van der Waals surface area contributed by atoms with Crippen molar-refractivity contribution in [3.8, 4) is 0 Å². The molecule has 0 aliphatic heterocycles. The van der Waals surface area contributed by atoms with Crippen LogP contribution in [0.25, 0.3) is 0 Å². The predicted molar refractivity (Wildman–Crippen MR) is 90.5 cm³/mol. The van der Waals surface area contributed by atoms with Gasteiger partial charge >= 0.3 is 0 Å². The van der Waals surface area contributed by atoms with Crippen LogP contribution in [0.15, 0.2) is 18.2 Å². The Labute approximate surface area is 142 Å². The third kappa shape index (κ3) is 2.70. The third-order valence-corrected chi connectivity index (χ3v) is 5.97. The number of hydrogen-bond acceptors (Lipinski definition) is 2. The standard InChI is InChI=1S/C16H21Cl2NO.ClH/c1-19(2)15-10-3-5-11(6-4-10)16(15,20)12-7-8-13(17)14(18)9-12;/h7-11,15,20H,3-6H2,1-2H3;1H. The molecule has 21 heavy (non-hydrogen) atoms. The van der Waals surface area contributed by atoms with E-state index in [2.05, 4.69) is 19.0 Å². The van der Waals surface area contributed by atoms with Gasteiger partial charge in [0.15, 0.2) is 0 Å². The molecule has 0 radical (unpaired) electrons. The van der Waals surface area contributed by atoms with Gasteiger partial charge < -0.3 is 10.0 Å². The Morgan fingerprint density at radius 1 is 1.10 bits per heavy atom. The first-order chi connectivity index (χ1) is 9.44. The molecule has 5 heteroatoms. The number of benzene rings is 1. The summed E-state index contributed by atoms with van der Waals surface area (Å²) < 4.78 is 0.